The summed E-state index contributed by atoms with van der Waals surface area (Å²) in [5.41, 5.74) is 0.0278. The van der Waals surface area contributed by atoms with Crippen LogP contribution in [0.15, 0.2) is 5.10 Å². The van der Waals surface area contributed by atoms with Gasteiger partial charge < -0.3 is 5.01 Å². The van der Waals surface area contributed by atoms with E-state index in [0.29, 0.717) is 0 Å². The summed E-state index contributed by atoms with van der Waals surface area (Å²) in [4.78, 5) is 43.6. The summed E-state index contributed by atoms with van der Waals surface area (Å²) in [6.45, 7) is 9.87. The zero-order chi connectivity index (χ0) is 18.0. The van der Waals surface area contributed by atoms with Gasteiger partial charge in [-0.25, -0.2) is 0 Å². The van der Waals surface area contributed by atoms with E-state index in [4.69, 9.17) is 0 Å². The van der Waals surface area contributed by atoms with Crippen LogP contribution in [-0.4, -0.2) is 47.9 Å². The average molecular weight is 312 g/mol. The quantitative estimate of drug-likeness (QED) is 0.407. The molecule has 0 aliphatic carbocycles. The Kier molecular flexibility index (Phi) is 11.0. The van der Waals surface area contributed by atoms with Crippen molar-refractivity contribution >= 4 is 28.8 Å². The van der Waals surface area contributed by atoms with E-state index in [0.717, 1.165) is 0 Å². The van der Waals surface area contributed by atoms with E-state index in [1.165, 1.54) is 18.9 Å². The number of hydrogen-bond acceptors (Lipinski definition) is 6. The first-order valence-electron chi connectivity index (χ1n) is 7.23. The molecule has 126 valence electrons. The van der Waals surface area contributed by atoms with Gasteiger partial charge in [-0.05, 0) is 6.92 Å². The zero-order valence-corrected chi connectivity index (χ0v) is 14.9. The molecule has 0 rings (SSSR count). The van der Waals surface area contributed by atoms with Crippen LogP contribution in [0.3, 0.4) is 0 Å². The van der Waals surface area contributed by atoms with Crippen LogP contribution in [0.25, 0.3) is 0 Å². The molecule has 0 amide bonds. The van der Waals surface area contributed by atoms with Crippen molar-refractivity contribution in [2.24, 2.45) is 16.9 Å². The fourth-order valence-electron chi connectivity index (χ4n) is 1.22. The van der Waals surface area contributed by atoms with E-state index < -0.39 is 0 Å². The van der Waals surface area contributed by atoms with E-state index >= 15 is 0 Å². The Morgan fingerprint density at radius 3 is 1.55 bits per heavy atom. The van der Waals surface area contributed by atoms with E-state index in [2.05, 4.69) is 5.10 Å². The highest BCUT2D eigenvalue weighted by molar-refractivity contribution is 6.65. The summed E-state index contributed by atoms with van der Waals surface area (Å²) in [5, 5.41) is 5.30. The van der Waals surface area contributed by atoms with Gasteiger partial charge in [-0.2, -0.15) is 5.10 Å². The van der Waals surface area contributed by atoms with E-state index in [-0.39, 0.29) is 47.1 Å². The number of ketones is 4. The minimum absolute atomic E-state index is 0.00565. The Bertz CT molecular complexity index is 449. The largest absolute Gasteiger partial charge is 0.302 e. The Labute approximate surface area is 132 Å². The van der Waals surface area contributed by atoms with E-state index in [9.17, 15) is 19.2 Å². The molecule has 0 bridgehead atoms. The van der Waals surface area contributed by atoms with Crippen LogP contribution in [0, 0.1) is 11.8 Å². The lowest BCUT2D eigenvalue weighted by Crippen LogP contribution is -2.28. The van der Waals surface area contributed by atoms with Crippen molar-refractivity contribution < 1.29 is 19.2 Å². The monoisotopic (exact) mass is 312 g/mol. The maximum absolute atomic E-state index is 11.4. The van der Waals surface area contributed by atoms with Gasteiger partial charge in [0.05, 0.1) is 6.42 Å². The van der Waals surface area contributed by atoms with Crippen molar-refractivity contribution in [3.05, 3.63) is 0 Å². The van der Waals surface area contributed by atoms with Crippen molar-refractivity contribution in [2.75, 3.05) is 14.1 Å². The minimum Gasteiger partial charge on any atom is -0.302 e. The lowest BCUT2D eigenvalue weighted by Gasteiger charge is -2.09. The maximum Gasteiger partial charge on any atom is 0.189 e. The third-order valence-corrected chi connectivity index (χ3v) is 2.46. The molecule has 0 atom stereocenters. The third kappa shape index (κ3) is 10.9. The standard InChI is InChI=1S/C9H16N2O2.C7H12O2/c1-6(2)9(13)8(7(3)12)10-11(4)5;1-5(2)7(9)4-6(3)8/h6H,1-5H3;5H,4H2,1-3H3/b10-8+;. The lowest BCUT2D eigenvalue weighted by atomic mass is 10.0. The molecular formula is C16H28N2O4. The normalized spacial score (nSPS) is 10.9. The fourth-order valence-corrected chi connectivity index (χ4v) is 1.22. The van der Waals surface area contributed by atoms with Gasteiger partial charge in [-0.1, -0.05) is 27.7 Å². The maximum atomic E-state index is 11.4. The molecule has 0 aromatic carbocycles. The average Bonchev–Trinajstić information content (AvgIpc) is 2.34. The van der Waals surface area contributed by atoms with Crippen LogP contribution in [0.5, 0.6) is 0 Å². The molecule has 0 fully saturated rings. The molecule has 0 saturated carbocycles. The van der Waals surface area contributed by atoms with Crippen molar-refractivity contribution in [3.63, 3.8) is 0 Å². The summed E-state index contributed by atoms with van der Waals surface area (Å²) in [6, 6.07) is 0. The Morgan fingerprint density at radius 1 is 0.909 bits per heavy atom. The first kappa shape index (κ1) is 22.4. The van der Waals surface area contributed by atoms with Gasteiger partial charge in [-0.15, -0.1) is 0 Å². The van der Waals surface area contributed by atoms with Gasteiger partial charge in [0.2, 0.25) is 0 Å². The summed E-state index contributed by atoms with van der Waals surface area (Å²) in [7, 11) is 3.35. The van der Waals surface area contributed by atoms with Gasteiger partial charge >= 0.3 is 0 Å². The number of hydrazone groups is 1. The van der Waals surface area contributed by atoms with Gasteiger partial charge in [0.1, 0.15) is 11.6 Å². The topological polar surface area (TPSA) is 83.9 Å². The number of carbonyl (C=O) groups excluding carboxylic acids is 4. The second kappa shape index (κ2) is 10.8. The molecule has 0 spiro atoms. The van der Waals surface area contributed by atoms with Crippen LogP contribution in [-0.2, 0) is 19.2 Å². The van der Waals surface area contributed by atoms with Crippen molar-refractivity contribution in [2.45, 2.75) is 48.0 Å². The molecule has 0 aliphatic heterocycles. The van der Waals surface area contributed by atoms with Gasteiger partial charge in [0.15, 0.2) is 17.3 Å². The van der Waals surface area contributed by atoms with Crippen LogP contribution in [0.4, 0.5) is 0 Å². The number of hydrogen-bond donors (Lipinski definition) is 0. The third-order valence-electron chi connectivity index (χ3n) is 2.46. The molecule has 0 radical (unpaired) electrons. The van der Waals surface area contributed by atoms with Crippen molar-refractivity contribution in [1.82, 2.24) is 5.01 Å². The SMILES string of the molecule is CC(=O)/C(=N\N(C)C)C(=O)C(C)C.CC(=O)CC(=O)C(C)C. The molecule has 6 heteroatoms. The summed E-state index contributed by atoms with van der Waals surface area (Å²) < 4.78 is 0. The number of carbonyl (C=O) groups is 4. The second-order valence-corrected chi connectivity index (χ2v) is 5.87. The highest BCUT2D eigenvalue weighted by atomic mass is 16.2. The number of nitrogens with zero attached hydrogens (tertiary/aromatic N) is 2. The predicted octanol–water partition coefficient (Wildman–Crippen LogP) is 1.91. The Hall–Kier alpha value is -1.85. The lowest BCUT2D eigenvalue weighted by molar-refractivity contribution is -0.127. The van der Waals surface area contributed by atoms with Gasteiger partial charge in [-0.3, -0.25) is 19.2 Å². The van der Waals surface area contributed by atoms with E-state index in [1.807, 2.05) is 0 Å². The summed E-state index contributed by atoms with van der Waals surface area (Å²) in [6.07, 6.45) is 0.0949. The molecule has 6 nitrogen and oxygen atoms in total. The highest BCUT2D eigenvalue weighted by Gasteiger charge is 2.19. The first-order valence-corrected chi connectivity index (χ1v) is 7.23. The molecule has 0 aromatic rings. The molecule has 0 saturated heterocycles. The zero-order valence-electron chi connectivity index (χ0n) is 14.9. The summed E-state index contributed by atoms with van der Waals surface area (Å²) >= 11 is 0. The molecule has 0 heterocycles. The second-order valence-electron chi connectivity index (χ2n) is 5.87. The molecule has 0 N–H and O–H groups in total. The van der Waals surface area contributed by atoms with Crippen molar-refractivity contribution in [3.8, 4) is 0 Å². The molecular weight excluding hydrogens is 284 g/mol. The Morgan fingerprint density at radius 2 is 1.36 bits per heavy atom. The predicted molar refractivity (Wildman–Crippen MR) is 86.8 cm³/mol. The van der Waals surface area contributed by atoms with Crippen LogP contribution in [0.2, 0.25) is 0 Å². The Balaban J connectivity index is 0. The number of Topliss-reactive ketones (excluding diaryl/α,β-unsaturated/α-hetero) is 4. The smallest absolute Gasteiger partial charge is 0.189 e. The molecule has 0 unspecified atom stereocenters. The highest BCUT2D eigenvalue weighted by Crippen LogP contribution is 1.99. The van der Waals surface area contributed by atoms with Gasteiger partial charge in [0.25, 0.3) is 0 Å². The number of rotatable bonds is 7. The van der Waals surface area contributed by atoms with Crippen LogP contribution in [0.1, 0.15) is 48.0 Å². The minimum atomic E-state index is -0.285. The van der Waals surface area contributed by atoms with Crippen molar-refractivity contribution in [1.29, 1.82) is 0 Å². The van der Waals surface area contributed by atoms with Gasteiger partial charge in [0, 0.05) is 32.9 Å². The van der Waals surface area contributed by atoms with Crippen LogP contribution < -0.4 is 0 Å². The molecule has 22 heavy (non-hydrogen) atoms. The fraction of sp³-hybridized carbons (Fsp3) is 0.688. The molecule has 0 aliphatic rings. The van der Waals surface area contributed by atoms with E-state index in [1.54, 1.807) is 41.8 Å². The summed E-state index contributed by atoms with van der Waals surface area (Å²) in [5.74, 6) is -0.707. The molecule has 0 aromatic heterocycles. The first-order chi connectivity index (χ1) is 9.89. The van der Waals surface area contributed by atoms with Crippen LogP contribution >= 0.6 is 0 Å².